The largest absolute Gasteiger partial charge is 0.341 e. The van der Waals surface area contributed by atoms with Crippen LogP contribution in [0.4, 0.5) is 0 Å². The molecule has 2 aromatic rings. The minimum absolute atomic E-state index is 0.275. The molecular formula is C14H22N8O. The number of nitrogens with zero attached hydrogens (tertiary/aromatic N) is 5. The summed E-state index contributed by atoms with van der Waals surface area (Å²) in [6, 6.07) is 0.255. The lowest BCUT2D eigenvalue weighted by Crippen LogP contribution is -2.28. The second kappa shape index (κ2) is 6.45. The number of amides is 1. The van der Waals surface area contributed by atoms with E-state index in [4.69, 9.17) is 5.73 Å². The maximum absolute atomic E-state index is 12.3. The molecule has 0 aliphatic heterocycles. The number of carbonyl (C=O) groups is 1. The smallest absolute Gasteiger partial charge is 0.274 e. The normalized spacial score (nSPS) is 22.7. The van der Waals surface area contributed by atoms with E-state index < -0.39 is 0 Å². The summed E-state index contributed by atoms with van der Waals surface area (Å²) in [6.07, 6.45) is 5.60. The summed E-state index contributed by atoms with van der Waals surface area (Å²) < 4.78 is 1.78. The number of H-pyrrole nitrogens is 1. The van der Waals surface area contributed by atoms with E-state index in [2.05, 4.69) is 30.8 Å². The highest BCUT2D eigenvalue weighted by Crippen LogP contribution is 2.26. The van der Waals surface area contributed by atoms with Crippen LogP contribution in [0.25, 0.3) is 0 Å². The third kappa shape index (κ3) is 3.55. The standard InChI is InChI=1S/C14H22N8O/c1-8(13-17-9(2)18-20-13)16-14(23)12-7-22(21-19-12)11-5-3-10(15)4-6-11/h7-8,10-11H,3-6,15H2,1-2H3,(H,16,23)(H,17,18,20)/t8-,10?,11?/m1/s1. The van der Waals surface area contributed by atoms with Gasteiger partial charge in [0.25, 0.3) is 5.91 Å². The predicted molar refractivity (Wildman–Crippen MR) is 82.5 cm³/mol. The molecule has 9 nitrogen and oxygen atoms in total. The first-order valence-corrected chi connectivity index (χ1v) is 7.90. The lowest BCUT2D eigenvalue weighted by Gasteiger charge is -2.25. The van der Waals surface area contributed by atoms with Gasteiger partial charge >= 0.3 is 0 Å². The van der Waals surface area contributed by atoms with Crippen LogP contribution >= 0.6 is 0 Å². The Morgan fingerprint density at radius 1 is 1.43 bits per heavy atom. The van der Waals surface area contributed by atoms with Gasteiger partial charge in [0, 0.05) is 6.04 Å². The quantitative estimate of drug-likeness (QED) is 0.759. The van der Waals surface area contributed by atoms with Crippen LogP contribution in [0, 0.1) is 6.92 Å². The number of aryl methyl sites for hydroxylation is 1. The van der Waals surface area contributed by atoms with E-state index in [9.17, 15) is 4.79 Å². The van der Waals surface area contributed by atoms with Gasteiger partial charge in [-0.2, -0.15) is 5.10 Å². The Labute approximate surface area is 134 Å². The molecule has 2 heterocycles. The second-order valence-electron chi connectivity index (χ2n) is 6.13. The molecule has 1 atom stereocenters. The first-order chi connectivity index (χ1) is 11.0. The number of nitrogens with one attached hydrogen (secondary N) is 2. The molecule has 23 heavy (non-hydrogen) atoms. The van der Waals surface area contributed by atoms with Gasteiger partial charge in [-0.1, -0.05) is 5.21 Å². The molecule has 0 bridgehead atoms. The van der Waals surface area contributed by atoms with E-state index >= 15 is 0 Å². The first-order valence-electron chi connectivity index (χ1n) is 7.90. The van der Waals surface area contributed by atoms with Crippen LogP contribution in [0.2, 0.25) is 0 Å². The molecule has 124 valence electrons. The van der Waals surface area contributed by atoms with Gasteiger partial charge in [-0.25, -0.2) is 9.67 Å². The Kier molecular flexibility index (Phi) is 4.37. The summed E-state index contributed by atoms with van der Waals surface area (Å²) in [4.78, 5) is 16.5. The molecule has 0 radical (unpaired) electrons. The van der Waals surface area contributed by atoms with Crippen molar-refractivity contribution in [2.75, 3.05) is 0 Å². The minimum Gasteiger partial charge on any atom is -0.341 e. The average Bonchev–Trinajstić information content (AvgIpc) is 3.17. The Balaban J connectivity index is 1.62. The molecule has 0 unspecified atom stereocenters. The highest BCUT2D eigenvalue weighted by Gasteiger charge is 2.23. The molecule has 9 heteroatoms. The van der Waals surface area contributed by atoms with Gasteiger partial charge in [-0.15, -0.1) is 5.10 Å². The first kappa shape index (κ1) is 15.6. The number of carbonyl (C=O) groups excluding carboxylic acids is 1. The zero-order valence-corrected chi connectivity index (χ0v) is 13.4. The summed E-state index contributed by atoms with van der Waals surface area (Å²) in [7, 11) is 0. The van der Waals surface area contributed by atoms with Gasteiger partial charge in [-0.3, -0.25) is 9.89 Å². The molecular weight excluding hydrogens is 296 g/mol. The van der Waals surface area contributed by atoms with Crippen LogP contribution < -0.4 is 11.1 Å². The summed E-state index contributed by atoms with van der Waals surface area (Å²) in [5, 5.41) is 17.7. The van der Waals surface area contributed by atoms with Gasteiger partial charge in [0.15, 0.2) is 11.5 Å². The Morgan fingerprint density at radius 3 is 2.83 bits per heavy atom. The number of rotatable bonds is 4. The molecule has 1 fully saturated rings. The van der Waals surface area contributed by atoms with E-state index in [1.165, 1.54) is 0 Å². The molecule has 0 aromatic carbocycles. The fourth-order valence-corrected chi connectivity index (χ4v) is 2.81. The monoisotopic (exact) mass is 318 g/mol. The van der Waals surface area contributed by atoms with Crippen molar-refractivity contribution in [2.45, 2.75) is 57.7 Å². The van der Waals surface area contributed by atoms with Crippen LogP contribution in [0.15, 0.2) is 6.20 Å². The van der Waals surface area contributed by atoms with E-state index in [1.807, 2.05) is 13.8 Å². The lowest BCUT2D eigenvalue weighted by atomic mass is 9.92. The second-order valence-corrected chi connectivity index (χ2v) is 6.13. The maximum Gasteiger partial charge on any atom is 0.274 e. The van der Waals surface area contributed by atoms with Crippen molar-refractivity contribution in [3.8, 4) is 0 Å². The van der Waals surface area contributed by atoms with E-state index in [1.54, 1.807) is 10.9 Å². The predicted octanol–water partition coefficient (Wildman–Crippen LogP) is 0.638. The van der Waals surface area contributed by atoms with Crippen molar-refractivity contribution >= 4 is 5.91 Å². The third-order valence-electron chi connectivity index (χ3n) is 4.21. The zero-order chi connectivity index (χ0) is 16.4. The number of aromatic amines is 1. The molecule has 0 saturated heterocycles. The van der Waals surface area contributed by atoms with Crippen LogP contribution in [-0.2, 0) is 0 Å². The molecule has 1 amide bonds. The average molecular weight is 318 g/mol. The van der Waals surface area contributed by atoms with E-state index in [-0.39, 0.29) is 24.0 Å². The molecule has 1 saturated carbocycles. The summed E-state index contributed by atoms with van der Waals surface area (Å²) >= 11 is 0. The van der Waals surface area contributed by atoms with E-state index in [0.29, 0.717) is 17.3 Å². The van der Waals surface area contributed by atoms with Crippen molar-refractivity contribution in [1.29, 1.82) is 0 Å². The van der Waals surface area contributed by atoms with E-state index in [0.717, 1.165) is 25.7 Å². The Bertz CT molecular complexity index is 670. The topological polar surface area (TPSA) is 127 Å². The summed E-state index contributed by atoms with van der Waals surface area (Å²) in [6.45, 7) is 3.64. The Hall–Kier alpha value is -2.29. The van der Waals surface area contributed by atoms with Crippen molar-refractivity contribution in [3.05, 3.63) is 23.5 Å². The van der Waals surface area contributed by atoms with Crippen LogP contribution in [0.5, 0.6) is 0 Å². The van der Waals surface area contributed by atoms with Crippen LogP contribution in [-0.4, -0.2) is 42.1 Å². The minimum atomic E-state index is -0.301. The van der Waals surface area contributed by atoms with Crippen molar-refractivity contribution in [2.24, 2.45) is 5.73 Å². The summed E-state index contributed by atoms with van der Waals surface area (Å²) in [5.74, 6) is 0.978. The van der Waals surface area contributed by atoms with Gasteiger partial charge in [0.2, 0.25) is 0 Å². The summed E-state index contributed by atoms with van der Waals surface area (Å²) in [5.41, 5.74) is 6.22. The Morgan fingerprint density at radius 2 is 2.17 bits per heavy atom. The van der Waals surface area contributed by atoms with Crippen LogP contribution in [0.3, 0.4) is 0 Å². The van der Waals surface area contributed by atoms with Crippen molar-refractivity contribution in [1.82, 2.24) is 35.5 Å². The highest BCUT2D eigenvalue weighted by molar-refractivity contribution is 5.92. The molecule has 3 rings (SSSR count). The van der Waals surface area contributed by atoms with Crippen molar-refractivity contribution in [3.63, 3.8) is 0 Å². The van der Waals surface area contributed by atoms with Gasteiger partial charge in [-0.05, 0) is 39.5 Å². The highest BCUT2D eigenvalue weighted by atomic mass is 16.2. The molecule has 1 aliphatic rings. The molecule has 4 N–H and O–H groups in total. The number of hydrogen-bond donors (Lipinski definition) is 3. The lowest BCUT2D eigenvalue weighted by molar-refractivity contribution is 0.0933. The number of aromatic nitrogens is 6. The number of nitrogens with two attached hydrogens (primary N) is 1. The SMILES string of the molecule is Cc1nc([C@@H](C)NC(=O)c2cn(C3CCC(N)CC3)nn2)n[nH]1. The third-order valence-corrected chi connectivity index (χ3v) is 4.21. The number of hydrogen-bond acceptors (Lipinski definition) is 6. The van der Waals surface area contributed by atoms with Gasteiger partial charge in [0.05, 0.1) is 18.3 Å². The van der Waals surface area contributed by atoms with Crippen LogP contribution in [0.1, 0.15) is 66.8 Å². The molecule has 2 aromatic heterocycles. The van der Waals surface area contributed by atoms with Gasteiger partial charge in [0.1, 0.15) is 5.82 Å². The zero-order valence-electron chi connectivity index (χ0n) is 13.4. The van der Waals surface area contributed by atoms with Gasteiger partial charge < -0.3 is 11.1 Å². The maximum atomic E-state index is 12.3. The molecule has 0 spiro atoms. The molecule has 1 aliphatic carbocycles. The van der Waals surface area contributed by atoms with Crippen molar-refractivity contribution < 1.29 is 4.79 Å². The fraction of sp³-hybridized carbons (Fsp3) is 0.643. The fourth-order valence-electron chi connectivity index (χ4n) is 2.81.